The number of likely N-dealkylation sites (tertiary alicyclic amines) is 1. The summed E-state index contributed by atoms with van der Waals surface area (Å²) in [7, 11) is 0. The first-order chi connectivity index (χ1) is 16.4. The molecule has 0 bridgehead atoms. The zero-order chi connectivity index (χ0) is 24.1. The predicted molar refractivity (Wildman–Crippen MR) is 131 cm³/mol. The minimum atomic E-state index is -0.400. The molecular weight excluding hydrogens is 450 g/mol. The summed E-state index contributed by atoms with van der Waals surface area (Å²) in [4.78, 5) is 39.7. The number of anilines is 1. The van der Waals surface area contributed by atoms with E-state index in [-0.39, 0.29) is 33.8 Å². The molecule has 3 aromatic rings. The smallest absolute Gasteiger partial charge is 0.286 e. The first-order valence-electron chi connectivity index (χ1n) is 11.3. The molecule has 1 aliphatic heterocycles. The summed E-state index contributed by atoms with van der Waals surface area (Å²) < 4.78 is 0. The lowest BCUT2D eigenvalue weighted by Crippen LogP contribution is -2.43. The molecule has 1 aliphatic rings. The van der Waals surface area contributed by atoms with Crippen molar-refractivity contribution in [1.29, 1.82) is 0 Å². The minimum Gasteiger partial charge on any atom is -0.349 e. The Balaban J connectivity index is 1.29. The van der Waals surface area contributed by atoms with Crippen molar-refractivity contribution in [1.82, 2.24) is 20.4 Å². The molecule has 0 radical (unpaired) electrons. The molecule has 176 valence electrons. The van der Waals surface area contributed by atoms with Gasteiger partial charge in [-0.25, -0.2) is 0 Å². The summed E-state index contributed by atoms with van der Waals surface area (Å²) >= 11 is 0.974. The number of aryl methyl sites for hydroxylation is 1. The van der Waals surface area contributed by atoms with Crippen molar-refractivity contribution in [2.75, 3.05) is 18.4 Å². The first kappa shape index (κ1) is 23.6. The van der Waals surface area contributed by atoms with Crippen molar-refractivity contribution >= 4 is 34.7 Å². The van der Waals surface area contributed by atoms with Gasteiger partial charge in [0.1, 0.15) is 0 Å². The Hall–Kier alpha value is -3.59. The van der Waals surface area contributed by atoms with Crippen LogP contribution in [0.5, 0.6) is 0 Å². The molecule has 1 fully saturated rings. The van der Waals surface area contributed by atoms with Gasteiger partial charge in [0.2, 0.25) is 15.9 Å². The van der Waals surface area contributed by atoms with Gasteiger partial charge in [-0.3, -0.25) is 14.4 Å². The van der Waals surface area contributed by atoms with E-state index in [1.807, 2.05) is 56.3 Å². The van der Waals surface area contributed by atoms with E-state index in [1.165, 1.54) is 0 Å². The fourth-order valence-electron chi connectivity index (χ4n) is 3.86. The van der Waals surface area contributed by atoms with Gasteiger partial charge in [0, 0.05) is 24.7 Å². The van der Waals surface area contributed by atoms with Crippen molar-refractivity contribution in [2.45, 2.75) is 32.7 Å². The van der Waals surface area contributed by atoms with Gasteiger partial charge in [-0.05, 0) is 44.4 Å². The quantitative estimate of drug-likeness (QED) is 0.562. The highest BCUT2D eigenvalue weighted by Crippen LogP contribution is 2.22. The molecule has 1 aromatic heterocycles. The standard InChI is InChI=1S/C25H27N5O3S/c1-16-8-10-20(11-9-16)27-22(32)23-28-29-24(34-23)25(33)30-14-12-19(13-15-30)21(31)26-17(2)18-6-4-3-5-7-18/h3-11,17,19H,12-15H2,1-2H3,(H,26,31)(H,27,32)/t17-/m1/s1. The number of aromatic nitrogens is 2. The van der Waals surface area contributed by atoms with E-state index in [9.17, 15) is 14.4 Å². The zero-order valence-electron chi connectivity index (χ0n) is 19.2. The van der Waals surface area contributed by atoms with Gasteiger partial charge in [0.25, 0.3) is 11.8 Å². The van der Waals surface area contributed by atoms with Crippen LogP contribution in [0.4, 0.5) is 5.69 Å². The Kier molecular flexibility index (Phi) is 7.32. The van der Waals surface area contributed by atoms with Crippen LogP contribution in [0.1, 0.15) is 56.5 Å². The van der Waals surface area contributed by atoms with Gasteiger partial charge >= 0.3 is 0 Å². The number of rotatable bonds is 6. The average molecular weight is 478 g/mol. The monoisotopic (exact) mass is 477 g/mol. The Bertz CT molecular complexity index is 1150. The van der Waals surface area contributed by atoms with Crippen LogP contribution in [-0.2, 0) is 4.79 Å². The average Bonchev–Trinajstić information content (AvgIpc) is 3.36. The van der Waals surface area contributed by atoms with Crippen LogP contribution >= 0.6 is 11.3 Å². The summed E-state index contributed by atoms with van der Waals surface area (Å²) in [5.74, 6) is -0.790. The van der Waals surface area contributed by atoms with E-state index < -0.39 is 5.91 Å². The second kappa shape index (κ2) is 10.6. The lowest BCUT2D eigenvalue weighted by Gasteiger charge is -2.31. The number of carbonyl (C=O) groups is 3. The number of carbonyl (C=O) groups excluding carboxylic acids is 3. The lowest BCUT2D eigenvalue weighted by molar-refractivity contribution is -0.127. The molecule has 0 saturated carbocycles. The molecule has 9 heteroatoms. The molecule has 8 nitrogen and oxygen atoms in total. The first-order valence-corrected chi connectivity index (χ1v) is 12.1. The number of hydrogen-bond donors (Lipinski definition) is 2. The third-order valence-electron chi connectivity index (χ3n) is 5.92. The largest absolute Gasteiger partial charge is 0.349 e. The summed E-state index contributed by atoms with van der Waals surface area (Å²) in [6, 6.07) is 17.2. The number of hydrogen-bond acceptors (Lipinski definition) is 6. The minimum absolute atomic E-state index is 0.00873. The van der Waals surface area contributed by atoms with Gasteiger partial charge in [0.15, 0.2) is 0 Å². The van der Waals surface area contributed by atoms with E-state index in [1.54, 1.807) is 17.0 Å². The molecule has 1 saturated heterocycles. The summed E-state index contributed by atoms with van der Waals surface area (Å²) in [6.07, 6.45) is 1.16. The molecule has 34 heavy (non-hydrogen) atoms. The van der Waals surface area contributed by atoms with Crippen molar-refractivity contribution in [2.24, 2.45) is 5.92 Å². The molecule has 2 heterocycles. The highest BCUT2D eigenvalue weighted by atomic mass is 32.1. The molecule has 2 N–H and O–H groups in total. The second-order valence-corrected chi connectivity index (χ2v) is 9.42. The van der Waals surface area contributed by atoms with Crippen LogP contribution in [0, 0.1) is 12.8 Å². The summed E-state index contributed by atoms with van der Waals surface area (Å²) in [6.45, 7) is 4.85. The summed E-state index contributed by atoms with van der Waals surface area (Å²) in [5, 5.41) is 14.0. The van der Waals surface area contributed by atoms with E-state index in [4.69, 9.17) is 0 Å². The second-order valence-electron chi connectivity index (χ2n) is 8.44. The van der Waals surface area contributed by atoms with Crippen LogP contribution in [0.2, 0.25) is 0 Å². The Morgan fingerprint density at radius 2 is 1.62 bits per heavy atom. The molecule has 0 unspecified atom stereocenters. The molecule has 1 atom stereocenters. The highest BCUT2D eigenvalue weighted by Gasteiger charge is 2.30. The topological polar surface area (TPSA) is 104 Å². The number of benzene rings is 2. The number of amides is 3. The predicted octanol–water partition coefficient (Wildman–Crippen LogP) is 3.83. The van der Waals surface area contributed by atoms with Gasteiger partial charge in [-0.1, -0.05) is 59.4 Å². The third kappa shape index (κ3) is 5.66. The van der Waals surface area contributed by atoms with Crippen LogP contribution in [0.25, 0.3) is 0 Å². The third-order valence-corrected chi connectivity index (χ3v) is 6.83. The van der Waals surface area contributed by atoms with Crippen LogP contribution in [-0.4, -0.2) is 45.9 Å². The molecule has 4 rings (SSSR count). The lowest BCUT2D eigenvalue weighted by atomic mass is 9.95. The van der Waals surface area contributed by atoms with Crippen molar-refractivity contribution in [3.63, 3.8) is 0 Å². The van der Waals surface area contributed by atoms with E-state index >= 15 is 0 Å². The van der Waals surface area contributed by atoms with Gasteiger partial charge in [0.05, 0.1) is 6.04 Å². The SMILES string of the molecule is Cc1ccc(NC(=O)c2nnc(C(=O)N3CCC(C(=O)N[C@H](C)c4ccccc4)CC3)s2)cc1. The van der Waals surface area contributed by atoms with Crippen molar-refractivity contribution in [3.8, 4) is 0 Å². The van der Waals surface area contributed by atoms with E-state index in [0.717, 1.165) is 22.5 Å². The Morgan fingerprint density at radius 1 is 0.971 bits per heavy atom. The Morgan fingerprint density at radius 3 is 2.29 bits per heavy atom. The normalized spacial score (nSPS) is 14.9. The summed E-state index contributed by atoms with van der Waals surface area (Å²) in [5.41, 5.74) is 2.80. The van der Waals surface area contributed by atoms with Crippen molar-refractivity contribution in [3.05, 3.63) is 75.7 Å². The van der Waals surface area contributed by atoms with E-state index in [0.29, 0.717) is 31.6 Å². The number of nitrogens with zero attached hydrogens (tertiary/aromatic N) is 3. The number of piperidine rings is 1. The number of nitrogens with one attached hydrogen (secondary N) is 2. The van der Waals surface area contributed by atoms with E-state index in [2.05, 4.69) is 20.8 Å². The molecule has 2 aromatic carbocycles. The van der Waals surface area contributed by atoms with Crippen molar-refractivity contribution < 1.29 is 14.4 Å². The molecule has 0 aliphatic carbocycles. The molecular formula is C25H27N5O3S. The fourth-order valence-corrected chi connectivity index (χ4v) is 4.57. The van der Waals surface area contributed by atoms with Gasteiger partial charge in [-0.2, -0.15) is 0 Å². The molecule has 3 amide bonds. The highest BCUT2D eigenvalue weighted by molar-refractivity contribution is 7.15. The maximum absolute atomic E-state index is 12.9. The fraction of sp³-hybridized carbons (Fsp3) is 0.320. The maximum Gasteiger partial charge on any atom is 0.286 e. The maximum atomic E-state index is 12.9. The zero-order valence-corrected chi connectivity index (χ0v) is 20.0. The van der Waals surface area contributed by atoms with Crippen LogP contribution in [0.15, 0.2) is 54.6 Å². The Labute approximate surface area is 202 Å². The van der Waals surface area contributed by atoms with Gasteiger partial charge < -0.3 is 15.5 Å². The molecule has 0 spiro atoms. The van der Waals surface area contributed by atoms with Crippen LogP contribution < -0.4 is 10.6 Å². The van der Waals surface area contributed by atoms with Crippen LogP contribution in [0.3, 0.4) is 0 Å². The van der Waals surface area contributed by atoms with Gasteiger partial charge in [-0.15, -0.1) is 10.2 Å².